The van der Waals surface area contributed by atoms with Crippen LogP contribution in [-0.2, 0) is 12.0 Å². The van der Waals surface area contributed by atoms with Gasteiger partial charge in [-0.2, -0.15) is 5.10 Å². The quantitative estimate of drug-likeness (QED) is 0.793. The van der Waals surface area contributed by atoms with Gasteiger partial charge in [0.2, 0.25) is 5.88 Å². The number of ether oxygens (including phenoxy) is 1. The molecule has 0 aliphatic heterocycles. The number of aliphatic hydroxyl groups is 1. The van der Waals surface area contributed by atoms with Crippen LogP contribution in [0.2, 0.25) is 0 Å². The number of aromatic nitrogens is 2. The van der Waals surface area contributed by atoms with Crippen LogP contribution in [-0.4, -0.2) is 28.6 Å². The van der Waals surface area contributed by atoms with E-state index in [2.05, 4.69) is 25.9 Å². The summed E-state index contributed by atoms with van der Waals surface area (Å²) >= 11 is 0. The maximum atomic E-state index is 8.86. The minimum absolute atomic E-state index is 0.0982. The summed E-state index contributed by atoms with van der Waals surface area (Å²) in [6.07, 6.45) is 2.33. The smallest absolute Gasteiger partial charge is 0.215 e. The number of rotatable bonds is 3. The van der Waals surface area contributed by atoms with Gasteiger partial charge in [-0.3, -0.25) is 0 Å². The fourth-order valence-corrected chi connectivity index (χ4v) is 1.36. The van der Waals surface area contributed by atoms with E-state index < -0.39 is 0 Å². The van der Waals surface area contributed by atoms with Gasteiger partial charge in [-0.15, -0.1) is 0 Å². The van der Waals surface area contributed by atoms with Crippen molar-refractivity contribution in [1.82, 2.24) is 9.78 Å². The lowest BCUT2D eigenvalue weighted by molar-refractivity contribution is 0.273. The van der Waals surface area contributed by atoms with Crippen LogP contribution in [0.15, 0.2) is 6.20 Å². The van der Waals surface area contributed by atoms with Crippen LogP contribution in [0.3, 0.4) is 0 Å². The van der Waals surface area contributed by atoms with E-state index in [9.17, 15) is 0 Å². The zero-order chi connectivity index (χ0) is 10.8. The van der Waals surface area contributed by atoms with Crippen LogP contribution in [0.4, 0.5) is 0 Å². The molecule has 4 heteroatoms. The molecule has 14 heavy (non-hydrogen) atoms. The summed E-state index contributed by atoms with van der Waals surface area (Å²) < 4.78 is 7.12. The molecule has 1 N–H and O–H groups in total. The number of hydrogen-bond acceptors (Lipinski definition) is 3. The SMILES string of the molecule is COc1c(CCO)cnn1C(C)(C)C. The van der Waals surface area contributed by atoms with E-state index in [0.29, 0.717) is 6.42 Å². The molecule has 0 saturated carbocycles. The highest BCUT2D eigenvalue weighted by atomic mass is 16.5. The summed E-state index contributed by atoms with van der Waals surface area (Å²) in [5.74, 6) is 0.742. The Kier molecular flexibility index (Phi) is 3.16. The molecule has 0 amide bonds. The number of nitrogens with zero attached hydrogens (tertiary/aromatic N) is 2. The predicted molar refractivity (Wildman–Crippen MR) is 54.6 cm³/mol. The Hall–Kier alpha value is -1.03. The number of aliphatic hydroxyl groups excluding tert-OH is 1. The van der Waals surface area contributed by atoms with Crippen LogP contribution < -0.4 is 4.74 Å². The zero-order valence-electron chi connectivity index (χ0n) is 9.24. The number of methoxy groups -OCH3 is 1. The first kappa shape index (κ1) is 11.0. The first-order chi connectivity index (χ1) is 6.50. The Bertz CT molecular complexity index is 300. The third-order valence-electron chi connectivity index (χ3n) is 2.01. The lowest BCUT2D eigenvalue weighted by Crippen LogP contribution is -2.23. The van der Waals surface area contributed by atoms with Gasteiger partial charge in [-0.05, 0) is 20.8 Å². The molecule has 0 fully saturated rings. The largest absolute Gasteiger partial charge is 0.481 e. The van der Waals surface area contributed by atoms with E-state index in [0.717, 1.165) is 11.4 Å². The first-order valence-corrected chi connectivity index (χ1v) is 4.73. The van der Waals surface area contributed by atoms with Gasteiger partial charge in [0, 0.05) is 18.6 Å². The average Bonchev–Trinajstić information content (AvgIpc) is 2.47. The van der Waals surface area contributed by atoms with E-state index >= 15 is 0 Å². The second-order valence-electron chi connectivity index (χ2n) is 4.24. The molecule has 0 aliphatic rings. The van der Waals surface area contributed by atoms with Gasteiger partial charge in [0.15, 0.2) is 0 Å². The van der Waals surface area contributed by atoms with Crippen molar-refractivity contribution >= 4 is 0 Å². The normalized spacial score (nSPS) is 11.8. The fourth-order valence-electron chi connectivity index (χ4n) is 1.36. The van der Waals surface area contributed by atoms with Gasteiger partial charge in [0.25, 0.3) is 0 Å². The molecule has 1 heterocycles. The van der Waals surface area contributed by atoms with Crippen molar-refractivity contribution in [1.29, 1.82) is 0 Å². The van der Waals surface area contributed by atoms with Crippen molar-refractivity contribution in [2.24, 2.45) is 0 Å². The van der Waals surface area contributed by atoms with Crippen LogP contribution in [0, 0.1) is 0 Å². The maximum absolute atomic E-state index is 8.86. The van der Waals surface area contributed by atoms with E-state index in [1.807, 2.05) is 4.68 Å². The second kappa shape index (κ2) is 4.00. The minimum Gasteiger partial charge on any atom is -0.481 e. The van der Waals surface area contributed by atoms with Gasteiger partial charge in [0.1, 0.15) is 0 Å². The third kappa shape index (κ3) is 2.07. The molecular formula is C10H18N2O2. The van der Waals surface area contributed by atoms with Crippen molar-refractivity contribution in [2.45, 2.75) is 32.7 Å². The Morgan fingerprint density at radius 1 is 1.50 bits per heavy atom. The standard InChI is InChI=1S/C10H18N2O2/c1-10(2,3)12-9(14-4)8(5-6-13)7-11-12/h7,13H,5-6H2,1-4H3. The topological polar surface area (TPSA) is 47.3 Å². The molecule has 1 aromatic rings. The summed E-state index contributed by atoms with van der Waals surface area (Å²) in [7, 11) is 1.63. The molecule has 1 rings (SSSR count). The van der Waals surface area contributed by atoms with Crippen LogP contribution >= 0.6 is 0 Å². The molecule has 80 valence electrons. The summed E-state index contributed by atoms with van der Waals surface area (Å²) in [6, 6.07) is 0. The van der Waals surface area contributed by atoms with Crippen molar-refractivity contribution < 1.29 is 9.84 Å². The molecule has 4 nitrogen and oxygen atoms in total. The molecule has 0 aromatic carbocycles. The highest BCUT2D eigenvalue weighted by Crippen LogP contribution is 2.25. The maximum Gasteiger partial charge on any atom is 0.215 e. The lowest BCUT2D eigenvalue weighted by atomic mass is 10.1. The highest BCUT2D eigenvalue weighted by Gasteiger charge is 2.21. The summed E-state index contributed by atoms with van der Waals surface area (Å²) in [6.45, 7) is 6.30. The van der Waals surface area contributed by atoms with Crippen molar-refractivity contribution in [2.75, 3.05) is 13.7 Å². The van der Waals surface area contributed by atoms with Crippen molar-refractivity contribution in [3.8, 4) is 5.88 Å². The molecule has 0 radical (unpaired) electrons. The van der Waals surface area contributed by atoms with Gasteiger partial charge < -0.3 is 9.84 Å². The van der Waals surface area contributed by atoms with E-state index in [-0.39, 0.29) is 12.1 Å². The van der Waals surface area contributed by atoms with Gasteiger partial charge in [0.05, 0.1) is 18.8 Å². The second-order valence-corrected chi connectivity index (χ2v) is 4.24. The van der Waals surface area contributed by atoms with Crippen LogP contribution in [0.25, 0.3) is 0 Å². The predicted octanol–water partition coefficient (Wildman–Crippen LogP) is 1.18. The van der Waals surface area contributed by atoms with Crippen LogP contribution in [0.1, 0.15) is 26.3 Å². The lowest BCUT2D eigenvalue weighted by Gasteiger charge is -2.21. The molecule has 0 aliphatic carbocycles. The molecule has 0 unspecified atom stereocenters. The molecule has 0 atom stereocenters. The van der Waals surface area contributed by atoms with Gasteiger partial charge in [-0.1, -0.05) is 0 Å². The molecular weight excluding hydrogens is 180 g/mol. The fraction of sp³-hybridized carbons (Fsp3) is 0.700. The molecule has 0 bridgehead atoms. The zero-order valence-corrected chi connectivity index (χ0v) is 9.24. The summed E-state index contributed by atoms with van der Waals surface area (Å²) in [5, 5.41) is 13.1. The molecule has 1 aromatic heterocycles. The third-order valence-corrected chi connectivity index (χ3v) is 2.01. The molecule has 0 spiro atoms. The molecule has 0 saturated heterocycles. The highest BCUT2D eigenvalue weighted by molar-refractivity contribution is 5.25. The van der Waals surface area contributed by atoms with E-state index in [1.54, 1.807) is 13.3 Å². The first-order valence-electron chi connectivity index (χ1n) is 4.73. The Morgan fingerprint density at radius 2 is 2.14 bits per heavy atom. The van der Waals surface area contributed by atoms with Crippen LogP contribution in [0.5, 0.6) is 5.88 Å². The van der Waals surface area contributed by atoms with Gasteiger partial charge in [-0.25, -0.2) is 4.68 Å². The summed E-state index contributed by atoms with van der Waals surface area (Å²) in [4.78, 5) is 0. The summed E-state index contributed by atoms with van der Waals surface area (Å²) in [5.41, 5.74) is 0.851. The Morgan fingerprint density at radius 3 is 2.57 bits per heavy atom. The van der Waals surface area contributed by atoms with E-state index in [1.165, 1.54) is 0 Å². The Balaban J connectivity index is 3.07. The van der Waals surface area contributed by atoms with Gasteiger partial charge >= 0.3 is 0 Å². The number of hydrogen-bond donors (Lipinski definition) is 1. The minimum atomic E-state index is -0.0982. The van der Waals surface area contributed by atoms with Crippen molar-refractivity contribution in [3.63, 3.8) is 0 Å². The van der Waals surface area contributed by atoms with E-state index in [4.69, 9.17) is 9.84 Å². The monoisotopic (exact) mass is 198 g/mol. The Labute approximate surface area is 84.5 Å². The van der Waals surface area contributed by atoms with Crippen molar-refractivity contribution in [3.05, 3.63) is 11.8 Å². The average molecular weight is 198 g/mol.